The Bertz CT molecular complexity index is 834. The number of likely N-dealkylation sites (N-methyl/N-ethyl adjacent to an activating group) is 1. The van der Waals surface area contributed by atoms with Gasteiger partial charge in [0, 0.05) is 12.6 Å². The van der Waals surface area contributed by atoms with Crippen molar-refractivity contribution in [2.45, 2.75) is 6.54 Å². The van der Waals surface area contributed by atoms with Gasteiger partial charge in [-0.2, -0.15) is 4.98 Å². The average Bonchev–Trinajstić information content (AvgIpc) is 3.10. The molecule has 3 rings (SSSR count). The predicted octanol–water partition coefficient (Wildman–Crippen LogP) is 2.91. The number of nitrogens with zero attached hydrogens (tertiary/aromatic N) is 3. The zero-order chi connectivity index (χ0) is 17.6. The maximum Gasteiger partial charge on any atom is 0.260 e. The van der Waals surface area contributed by atoms with Crippen molar-refractivity contribution in [2.75, 3.05) is 13.7 Å². The Labute approximate surface area is 143 Å². The Morgan fingerprint density at radius 2 is 1.88 bits per heavy atom. The molecule has 0 aliphatic carbocycles. The van der Waals surface area contributed by atoms with Crippen molar-refractivity contribution in [1.29, 1.82) is 0 Å². The molecular formula is C18H16FN3O3. The molecule has 1 heterocycles. The highest BCUT2D eigenvalue weighted by atomic mass is 19.1. The van der Waals surface area contributed by atoms with Crippen LogP contribution in [-0.4, -0.2) is 34.6 Å². The van der Waals surface area contributed by atoms with E-state index in [9.17, 15) is 9.18 Å². The van der Waals surface area contributed by atoms with Gasteiger partial charge in [0.2, 0.25) is 11.7 Å². The van der Waals surface area contributed by atoms with Gasteiger partial charge < -0.3 is 14.2 Å². The lowest BCUT2D eigenvalue weighted by Gasteiger charge is -2.15. The third-order valence-corrected chi connectivity index (χ3v) is 3.47. The van der Waals surface area contributed by atoms with Crippen LogP contribution in [0, 0.1) is 5.82 Å². The molecule has 128 valence electrons. The van der Waals surface area contributed by atoms with E-state index < -0.39 is 0 Å². The number of amides is 1. The van der Waals surface area contributed by atoms with Gasteiger partial charge in [0.05, 0.1) is 6.54 Å². The van der Waals surface area contributed by atoms with Crippen molar-refractivity contribution >= 4 is 5.91 Å². The van der Waals surface area contributed by atoms with E-state index in [1.54, 1.807) is 7.05 Å². The first-order chi connectivity index (χ1) is 12.1. The minimum Gasteiger partial charge on any atom is -0.484 e. The zero-order valence-electron chi connectivity index (χ0n) is 13.6. The highest BCUT2D eigenvalue weighted by Gasteiger charge is 2.15. The van der Waals surface area contributed by atoms with E-state index >= 15 is 0 Å². The normalized spacial score (nSPS) is 10.5. The number of carbonyl (C=O) groups is 1. The third-order valence-electron chi connectivity index (χ3n) is 3.47. The highest BCUT2D eigenvalue weighted by molar-refractivity contribution is 5.77. The fourth-order valence-electron chi connectivity index (χ4n) is 2.10. The molecule has 0 aliphatic rings. The van der Waals surface area contributed by atoms with Gasteiger partial charge in [0.25, 0.3) is 5.91 Å². The molecule has 0 unspecified atom stereocenters. The molecule has 0 aliphatic heterocycles. The van der Waals surface area contributed by atoms with Crippen LogP contribution in [0.4, 0.5) is 4.39 Å². The highest BCUT2D eigenvalue weighted by Crippen LogP contribution is 2.15. The van der Waals surface area contributed by atoms with E-state index in [2.05, 4.69) is 10.1 Å². The first-order valence-electron chi connectivity index (χ1n) is 7.62. The quantitative estimate of drug-likeness (QED) is 0.689. The minimum absolute atomic E-state index is 0.165. The number of carbonyl (C=O) groups excluding carboxylic acids is 1. The molecule has 1 aromatic heterocycles. The second-order valence-corrected chi connectivity index (χ2v) is 5.37. The van der Waals surface area contributed by atoms with Crippen molar-refractivity contribution in [3.05, 3.63) is 66.3 Å². The monoisotopic (exact) mass is 341 g/mol. The summed E-state index contributed by atoms with van der Waals surface area (Å²) in [5.41, 5.74) is 0.839. The molecule has 0 N–H and O–H groups in total. The number of halogens is 1. The van der Waals surface area contributed by atoms with Crippen LogP contribution in [0.25, 0.3) is 11.4 Å². The molecule has 0 saturated carbocycles. The van der Waals surface area contributed by atoms with Crippen LogP contribution >= 0.6 is 0 Å². The summed E-state index contributed by atoms with van der Waals surface area (Å²) >= 11 is 0. The summed E-state index contributed by atoms with van der Waals surface area (Å²) in [6.45, 7) is 0.00720. The molecule has 0 atom stereocenters. The molecule has 3 aromatic rings. The number of rotatable bonds is 6. The van der Waals surface area contributed by atoms with Gasteiger partial charge in [-0.05, 0) is 24.3 Å². The Balaban J connectivity index is 1.54. The summed E-state index contributed by atoms with van der Waals surface area (Å²) in [6, 6.07) is 14.9. The smallest absolute Gasteiger partial charge is 0.260 e. The molecule has 0 fully saturated rings. The molecule has 0 radical (unpaired) electrons. The van der Waals surface area contributed by atoms with Gasteiger partial charge in [0.15, 0.2) is 6.61 Å². The van der Waals surface area contributed by atoms with Crippen LogP contribution in [-0.2, 0) is 11.3 Å². The summed E-state index contributed by atoms with van der Waals surface area (Å²) in [6.07, 6.45) is 0. The predicted molar refractivity (Wildman–Crippen MR) is 88.1 cm³/mol. The first kappa shape index (κ1) is 16.6. The Kier molecular flexibility index (Phi) is 5.03. The lowest BCUT2D eigenvalue weighted by molar-refractivity contribution is -0.132. The standard InChI is InChI=1S/C18H16FN3O3/c1-22(17(23)12-24-15-9-7-14(19)8-10-15)11-16-20-18(21-25-16)13-5-3-2-4-6-13/h2-10H,11-12H2,1H3. The van der Waals surface area contributed by atoms with Crippen LogP contribution < -0.4 is 4.74 Å². The van der Waals surface area contributed by atoms with E-state index in [0.29, 0.717) is 17.5 Å². The van der Waals surface area contributed by atoms with Crippen LogP contribution in [0.2, 0.25) is 0 Å². The fraction of sp³-hybridized carbons (Fsp3) is 0.167. The molecule has 1 amide bonds. The van der Waals surface area contributed by atoms with E-state index in [4.69, 9.17) is 9.26 Å². The summed E-state index contributed by atoms with van der Waals surface area (Å²) < 4.78 is 23.3. The van der Waals surface area contributed by atoms with E-state index in [1.807, 2.05) is 30.3 Å². The van der Waals surface area contributed by atoms with E-state index in [0.717, 1.165) is 5.56 Å². The van der Waals surface area contributed by atoms with Gasteiger partial charge in [-0.25, -0.2) is 4.39 Å². The van der Waals surface area contributed by atoms with E-state index in [1.165, 1.54) is 29.2 Å². The van der Waals surface area contributed by atoms with Crippen LogP contribution in [0.5, 0.6) is 5.75 Å². The second-order valence-electron chi connectivity index (χ2n) is 5.37. The van der Waals surface area contributed by atoms with E-state index in [-0.39, 0.29) is 24.9 Å². The maximum atomic E-state index is 12.8. The lowest BCUT2D eigenvalue weighted by atomic mass is 10.2. The van der Waals surface area contributed by atoms with Crippen molar-refractivity contribution < 1.29 is 18.4 Å². The van der Waals surface area contributed by atoms with Crippen molar-refractivity contribution in [3.8, 4) is 17.1 Å². The van der Waals surface area contributed by atoms with Gasteiger partial charge in [0.1, 0.15) is 11.6 Å². The number of aromatic nitrogens is 2. The zero-order valence-corrected chi connectivity index (χ0v) is 13.6. The summed E-state index contributed by atoms with van der Waals surface area (Å²) in [5.74, 6) is 0.605. The van der Waals surface area contributed by atoms with Gasteiger partial charge in [-0.15, -0.1) is 0 Å². The number of hydrogen-bond acceptors (Lipinski definition) is 5. The minimum atomic E-state index is -0.360. The van der Waals surface area contributed by atoms with Crippen molar-refractivity contribution in [2.24, 2.45) is 0 Å². The summed E-state index contributed by atoms with van der Waals surface area (Å²) in [5, 5.41) is 3.91. The SMILES string of the molecule is CN(Cc1nc(-c2ccccc2)no1)C(=O)COc1ccc(F)cc1. The van der Waals surface area contributed by atoms with Crippen molar-refractivity contribution in [3.63, 3.8) is 0 Å². The first-order valence-corrected chi connectivity index (χ1v) is 7.62. The molecule has 0 spiro atoms. The topological polar surface area (TPSA) is 68.5 Å². The van der Waals surface area contributed by atoms with Gasteiger partial charge >= 0.3 is 0 Å². The van der Waals surface area contributed by atoms with Gasteiger partial charge in [-0.1, -0.05) is 35.5 Å². The van der Waals surface area contributed by atoms with Gasteiger partial charge in [-0.3, -0.25) is 4.79 Å². The molecule has 25 heavy (non-hydrogen) atoms. The van der Waals surface area contributed by atoms with Crippen molar-refractivity contribution in [1.82, 2.24) is 15.0 Å². The molecule has 0 bridgehead atoms. The Morgan fingerprint density at radius 3 is 2.60 bits per heavy atom. The molecule has 0 saturated heterocycles. The van der Waals surface area contributed by atoms with Crippen LogP contribution in [0.1, 0.15) is 5.89 Å². The fourth-order valence-corrected chi connectivity index (χ4v) is 2.10. The summed E-state index contributed by atoms with van der Waals surface area (Å²) in [7, 11) is 1.61. The van der Waals surface area contributed by atoms with Crippen LogP contribution in [0.3, 0.4) is 0 Å². The molecule has 7 heteroatoms. The molecule has 6 nitrogen and oxygen atoms in total. The molecular weight excluding hydrogens is 325 g/mol. The third kappa shape index (κ3) is 4.41. The number of benzene rings is 2. The number of hydrogen-bond donors (Lipinski definition) is 0. The number of ether oxygens (including phenoxy) is 1. The molecule has 2 aromatic carbocycles. The Hall–Kier alpha value is -3.22. The Morgan fingerprint density at radius 1 is 1.16 bits per heavy atom. The second kappa shape index (κ2) is 7.57. The lowest BCUT2D eigenvalue weighted by Crippen LogP contribution is -2.31. The van der Waals surface area contributed by atoms with Crippen LogP contribution in [0.15, 0.2) is 59.1 Å². The summed E-state index contributed by atoms with van der Waals surface area (Å²) in [4.78, 5) is 17.8. The average molecular weight is 341 g/mol. The maximum absolute atomic E-state index is 12.8. The largest absolute Gasteiger partial charge is 0.484 e.